The molecule has 9 N–H and O–H groups in total. The summed E-state index contributed by atoms with van der Waals surface area (Å²) in [5.41, 5.74) is 13.1. The molecule has 11 heteroatoms. The van der Waals surface area contributed by atoms with Crippen LogP contribution in [0.4, 0.5) is 0 Å². The minimum absolute atomic E-state index is 0.00882. The van der Waals surface area contributed by atoms with Gasteiger partial charge < -0.3 is 46.3 Å². The summed E-state index contributed by atoms with van der Waals surface area (Å²) in [6.45, 7) is 2.70. The number of nitrogens with one attached hydrogen (secondary N) is 2. The average Bonchev–Trinajstić information content (AvgIpc) is 3.50. The molecule has 1 aromatic carbocycles. The first-order valence-electron chi connectivity index (χ1n) is 21.8. The number of H-pyrrole nitrogens is 1. The number of hydrogen-bond donors (Lipinski definition) is 8. The van der Waals surface area contributed by atoms with Crippen molar-refractivity contribution in [3.8, 4) is 23.3 Å². The lowest BCUT2D eigenvalue weighted by Crippen LogP contribution is -2.42. The van der Waals surface area contributed by atoms with Crippen molar-refractivity contribution in [2.24, 2.45) is 52.6 Å². The van der Waals surface area contributed by atoms with E-state index in [0.717, 1.165) is 66.5 Å². The number of phenols is 1. The second kappa shape index (κ2) is 16.8. The molecule has 6 aliphatic carbocycles. The Balaban J connectivity index is 1.06. The van der Waals surface area contributed by atoms with Crippen LogP contribution in [-0.4, -0.2) is 79.6 Å². The van der Waals surface area contributed by atoms with E-state index in [1.165, 1.54) is 18.4 Å². The molecule has 9 nitrogen and oxygen atoms in total. The van der Waals surface area contributed by atoms with E-state index in [9.17, 15) is 25.5 Å². The van der Waals surface area contributed by atoms with Crippen LogP contribution in [0.2, 0.25) is 0 Å². The molecule has 312 valence electrons. The van der Waals surface area contributed by atoms with Gasteiger partial charge in [0.1, 0.15) is 11.9 Å². The van der Waals surface area contributed by atoms with Gasteiger partial charge in [-0.1, -0.05) is 64.5 Å². The first-order chi connectivity index (χ1) is 28.1. The summed E-state index contributed by atoms with van der Waals surface area (Å²) in [7, 11) is 3.28. The Morgan fingerprint density at radius 2 is 1.93 bits per heavy atom. The van der Waals surface area contributed by atoms with Gasteiger partial charge in [0.25, 0.3) is 0 Å². The largest absolute Gasteiger partial charge is 0.504 e. The SMILES string of the molecule is CC[C@@]12C#C[C@H]3C=C4CCc5cc(O)c(O[C@@H]6C[C@H](Cc7ccc[nH]7)C7=CCNC(N)=C7CSSC[C@H](CO)[C@H]6O)cc5[C@@H]4C[C@@H](O)[C@@H]3[C@@H](O)[C@@H]3C[C@@H](CC[C@H]1C3)C2. The van der Waals surface area contributed by atoms with Gasteiger partial charge >= 0.3 is 0 Å². The molecule has 10 rings (SSSR count). The predicted molar refractivity (Wildman–Crippen MR) is 231 cm³/mol. The fraction of sp³-hybridized carbons (Fsp3) is 0.617. The zero-order chi connectivity index (χ0) is 40.1. The van der Waals surface area contributed by atoms with Crippen molar-refractivity contribution in [3.05, 3.63) is 82.0 Å². The van der Waals surface area contributed by atoms with Crippen LogP contribution in [0.25, 0.3) is 0 Å². The van der Waals surface area contributed by atoms with Gasteiger partial charge in [-0.05, 0) is 129 Å². The Kier molecular flexibility index (Phi) is 11.7. The maximum atomic E-state index is 12.2. The van der Waals surface area contributed by atoms with Gasteiger partial charge in [0, 0.05) is 71.2 Å². The number of phenolic OH excluding ortho intramolecular Hbond substituents is 1. The van der Waals surface area contributed by atoms with Crippen molar-refractivity contribution in [3.63, 3.8) is 0 Å². The molecule has 13 atom stereocenters. The molecule has 8 aliphatic rings. The number of aromatic hydroxyl groups is 1. The number of aromatic nitrogens is 1. The molecule has 0 unspecified atom stereocenters. The number of aliphatic hydroxyl groups excluding tert-OH is 4. The highest BCUT2D eigenvalue weighted by Gasteiger charge is 2.51. The smallest absolute Gasteiger partial charge is 0.161 e. The molecule has 0 spiro atoms. The third-order valence-electron chi connectivity index (χ3n) is 15.4. The molecule has 4 bridgehead atoms. The van der Waals surface area contributed by atoms with Gasteiger partial charge in [-0.3, -0.25) is 0 Å². The maximum Gasteiger partial charge on any atom is 0.161 e. The van der Waals surface area contributed by atoms with E-state index >= 15 is 0 Å². The van der Waals surface area contributed by atoms with Gasteiger partial charge in [-0.15, -0.1) is 0 Å². The van der Waals surface area contributed by atoms with E-state index in [1.807, 2.05) is 24.4 Å². The van der Waals surface area contributed by atoms with Crippen LogP contribution in [0.1, 0.15) is 87.4 Å². The number of rotatable bonds is 6. The quantitative estimate of drug-likeness (QED) is 0.0938. The van der Waals surface area contributed by atoms with Crippen LogP contribution in [0, 0.1) is 58.7 Å². The number of dihydropyridines is 1. The Morgan fingerprint density at radius 1 is 1.05 bits per heavy atom. The normalized spacial score (nSPS) is 38.5. The van der Waals surface area contributed by atoms with Crippen LogP contribution in [-0.2, 0) is 12.8 Å². The van der Waals surface area contributed by atoms with Crippen molar-refractivity contribution in [2.75, 3.05) is 24.7 Å². The summed E-state index contributed by atoms with van der Waals surface area (Å²) in [6, 6.07) is 7.81. The number of aliphatic hydroxyl groups is 4. The van der Waals surface area contributed by atoms with E-state index in [1.54, 1.807) is 21.6 Å². The predicted octanol–water partition coefficient (Wildman–Crippen LogP) is 6.33. The zero-order valence-corrected chi connectivity index (χ0v) is 35.2. The van der Waals surface area contributed by atoms with Crippen LogP contribution in [0.5, 0.6) is 11.5 Å². The standard InChI is InChI=1S/C47H61N3O6S2/c1-2-47-11-9-29-15-27-6-7-28-18-39(52)41(21-37(28)36(27)20-40(53)43(29)45(55)31-14-26(22-47)5-8-33(47)16-31)56-42-19-30(17-34-4-3-12-49-34)35-10-13-50-46(48)38(35)25-58-57-24-32(23-51)44(42)54/h3-4,10,12,15,18,21,26,29-33,36,40,42-45,49-55H,2,5-8,13-14,16-17,19-20,22-25,48H2,1H3/t26-,29+,30+,31-,32+,33+,36-,40-,42-,43-,44-,45+,47+/m1/s1. The van der Waals surface area contributed by atoms with E-state index in [-0.39, 0.29) is 47.4 Å². The lowest BCUT2D eigenvalue weighted by Gasteiger charge is -2.41. The van der Waals surface area contributed by atoms with Crippen molar-refractivity contribution in [2.45, 2.75) is 108 Å². The summed E-state index contributed by atoms with van der Waals surface area (Å²) in [5.74, 6) is 9.80. The lowest BCUT2D eigenvalue weighted by molar-refractivity contribution is -0.0375. The number of benzene rings is 1. The van der Waals surface area contributed by atoms with Crippen LogP contribution < -0.4 is 15.8 Å². The molecule has 1 aromatic heterocycles. The first-order valence-corrected chi connectivity index (χ1v) is 24.3. The van der Waals surface area contributed by atoms with Gasteiger partial charge in [-0.2, -0.15) is 0 Å². The molecular weight excluding hydrogens is 767 g/mol. The summed E-state index contributed by atoms with van der Waals surface area (Å²) >= 11 is 0. The molecule has 58 heavy (non-hydrogen) atoms. The highest BCUT2D eigenvalue weighted by atomic mass is 33.1. The Labute approximate surface area is 351 Å². The van der Waals surface area contributed by atoms with Gasteiger partial charge in [0.15, 0.2) is 11.5 Å². The molecule has 3 saturated carbocycles. The number of hydrogen-bond acceptors (Lipinski definition) is 10. The van der Waals surface area contributed by atoms with Crippen LogP contribution in [0.3, 0.4) is 0 Å². The number of aromatic amines is 1. The minimum atomic E-state index is -1.01. The van der Waals surface area contributed by atoms with E-state index in [4.69, 9.17) is 10.5 Å². The fourth-order valence-electron chi connectivity index (χ4n) is 12.2. The minimum Gasteiger partial charge on any atom is -0.504 e. The van der Waals surface area contributed by atoms with Gasteiger partial charge in [-0.25, -0.2) is 0 Å². The Hall–Kier alpha value is -2.98. The average molecular weight is 828 g/mol. The maximum absolute atomic E-state index is 12.2. The fourth-order valence-corrected chi connectivity index (χ4v) is 14.7. The third-order valence-corrected chi connectivity index (χ3v) is 17.8. The molecule has 2 aromatic rings. The van der Waals surface area contributed by atoms with E-state index < -0.39 is 30.3 Å². The van der Waals surface area contributed by atoms with Crippen LogP contribution >= 0.6 is 21.6 Å². The molecule has 0 amide bonds. The van der Waals surface area contributed by atoms with Crippen molar-refractivity contribution >= 4 is 21.6 Å². The number of aryl methyl sites for hydroxylation is 1. The summed E-state index contributed by atoms with van der Waals surface area (Å²) < 4.78 is 6.85. The van der Waals surface area contributed by atoms with E-state index in [0.29, 0.717) is 60.7 Å². The lowest BCUT2D eigenvalue weighted by atomic mass is 9.62. The molecular formula is C47H61N3O6S2. The topological polar surface area (TPSA) is 164 Å². The highest BCUT2D eigenvalue weighted by molar-refractivity contribution is 8.76. The molecule has 2 aliphatic heterocycles. The highest BCUT2D eigenvalue weighted by Crippen LogP contribution is 2.57. The first kappa shape index (κ1) is 40.4. The van der Waals surface area contributed by atoms with Crippen molar-refractivity contribution in [1.82, 2.24) is 10.3 Å². The number of allylic oxidation sites excluding steroid dienone is 3. The third kappa shape index (κ3) is 7.64. The second-order valence-electron chi connectivity index (χ2n) is 18.5. The molecule has 1 saturated heterocycles. The number of fused-ring (bicyclic) bond motifs is 6. The molecule has 3 heterocycles. The van der Waals surface area contributed by atoms with Crippen LogP contribution in [0.15, 0.2) is 65.2 Å². The van der Waals surface area contributed by atoms with Crippen molar-refractivity contribution < 1.29 is 30.3 Å². The Morgan fingerprint density at radius 3 is 2.74 bits per heavy atom. The summed E-state index contributed by atoms with van der Waals surface area (Å²) in [4.78, 5) is 3.36. The number of ether oxygens (including phenoxy) is 1. The molecule has 4 fully saturated rings. The second-order valence-corrected chi connectivity index (χ2v) is 21.0. The monoisotopic (exact) mass is 827 g/mol. The van der Waals surface area contributed by atoms with Crippen molar-refractivity contribution in [1.29, 1.82) is 0 Å². The Bertz CT molecular complexity index is 1990. The van der Waals surface area contributed by atoms with E-state index in [2.05, 4.69) is 47.3 Å². The number of nitrogens with two attached hydrogens (primary N) is 1. The van der Waals surface area contributed by atoms with Gasteiger partial charge in [0.05, 0.1) is 18.3 Å². The zero-order valence-electron chi connectivity index (χ0n) is 33.6. The van der Waals surface area contributed by atoms with Gasteiger partial charge in [0.2, 0.25) is 0 Å². The summed E-state index contributed by atoms with van der Waals surface area (Å²) in [6.07, 6.45) is 13.0. The molecule has 0 radical (unpaired) electrons. The summed E-state index contributed by atoms with van der Waals surface area (Å²) in [5, 5.41) is 62.0.